The molecule has 0 aliphatic rings. The van der Waals surface area contributed by atoms with Gasteiger partial charge in [-0.25, -0.2) is 8.42 Å². The summed E-state index contributed by atoms with van der Waals surface area (Å²) in [6.07, 6.45) is 3.87. The minimum atomic E-state index is -4.50. The fraction of sp³-hybridized carbons (Fsp3) is 1.00. The Bertz CT molecular complexity index is 283. The molecule has 0 aromatic carbocycles. The molecule has 0 bridgehead atoms. The van der Waals surface area contributed by atoms with E-state index in [0.717, 1.165) is 38.9 Å². The molecule has 0 aromatic rings. The van der Waals surface area contributed by atoms with Crippen molar-refractivity contribution in [2.24, 2.45) is 5.92 Å². The van der Waals surface area contributed by atoms with Crippen molar-refractivity contribution in [2.45, 2.75) is 53.4 Å². The van der Waals surface area contributed by atoms with E-state index in [2.05, 4.69) is 11.1 Å². The van der Waals surface area contributed by atoms with Crippen LogP contribution >= 0.6 is 0 Å². The van der Waals surface area contributed by atoms with Gasteiger partial charge in [-0.15, -0.1) is 0 Å². The van der Waals surface area contributed by atoms with Crippen molar-refractivity contribution in [3.05, 3.63) is 0 Å². The van der Waals surface area contributed by atoms with Crippen LogP contribution in [-0.2, 0) is 19.3 Å². The predicted octanol–water partition coefficient (Wildman–Crippen LogP) is -1.30. The van der Waals surface area contributed by atoms with Gasteiger partial charge in [0.2, 0.25) is 10.4 Å². The van der Waals surface area contributed by atoms with E-state index < -0.39 is 10.4 Å². The van der Waals surface area contributed by atoms with Gasteiger partial charge in [-0.05, 0) is 26.2 Å². The van der Waals surface area contributed by atoms with Crippen molar-refractivity contribution in [3.63, 3.8) is 0 Å². The van der Waals surface area contributed by atoms with E-state index >= 15 is 0 Å². The zero-order valence-electron chi connectivity index (χ0n) is 15.3. The van der Waals surface area contributed by atoms with Gasteiger partial charge in [-0.1, -0.05) is 33.1 Å². The first-order valence-electron chi connectivity index (χ1n) is 7.72. The normalized spacial score (nSPS) is 11.3. The van der Waals surface area contributed by atoms with Crippen LogP contribution in [0.4, 0.5) is 0 Å². The molecule has 0 spiro atoms. The molecule has 0 saturated carbocycles. The summed E-state index contributed by atoms with van der Waals surface area (Å²) in [5.74, 6) is 0.184. The topological polar surface area (TPSA) is 116 Å². The van der Waals surface area contributed by atoms with Crippen molar-refractivity contribution in [1.29, 1.82) is 0 Å². The van der Waals surface area contributed by atoms with Crippen LogP contribution in [0, 0.1) is 5.92 Å². The van der Waals surface area contributed by atoms with Gasteiger partial charge in [-0.3, -0.25) is 4.18 Å². The molecule has 9 heteroatoms. The van der Waals surface area contributed by atoms with E-state index in [1.807, 2.05) is 20.8 Å². The Morgan fingerprint density at radius 2 is 1.52 bits per heavy atom. The molecule has 0 heterocycles. The summed E-state index contributed by atoms with van der Waals surface area (Å²) in [6, 6.07) is 0. The van der Waals surface area contributed by atoms with Gasteiger partial charge < -0.3 is 19.5 Å². The molecule has 1 unspecified atom stereocenters. The number of aliphatic hydroxyl groups excluding tert-OH is 2. The molecule has 0 fully saturated rings. The van der Waals surface area contributed by atoms with Gasteiger partial charge in [0.25, 0.3) is 0 Å². The Morgan fingerprint density at radius 1 is 1.04 bits per heavy atom. The van der Waals surface area contributed by atoms with Crippen molar-refractivity contribution in [1.82, 2.24) is 0 Å². The fourth-order valence-electron chi connectivity index (χ4n) is 1.28. The summed E-state index contributed by atoms with van der Waals surface area (Å²) in [5.41, 5.74) is 0. The maximum absolute atomic E-state index is 10.1. The summed E-state index contributed by atoms with van der Waals surface area (Å²) in [7, 11) is -4.50. The van der Waals surface area contributed by atoms with E-state index in [1.54, 1.807) is 0 Å². The molecule has 0 rings (SSSR count). The third kappa shape index (κ3) is 39.5. The summed E-state index contributed by atoms with van der Waals surface area (Å²) in [5, 5.41) is 15.2. The van der Waals surface area contributed by atoms with E-state index in [-0.39, 0.29) is 55.3 Å². The summed E-state index contributed by atoms with van der Waals surface area (Å²) >= 11 is 0. The monoisotopic (exact) mass is 368 g/mol. The van der Waals surface area contributed by atoms with Gasteiger partial charge in [0.1, 0.15) is 0 Å². The average Bonchev–Trinajstić information content (AvgIpc) is 2.48. The smallest absolute Gasteiger partial charge is 0.726 e. The maximum Gasteiger partial charge on any atom is 1.00 e. The van der Waals surface area contributed by atoms with Crippen LogP contribution in [0.2, 0.25) is 0 Å². The van der Waals surface area contributed by atoms with Crippen LogP contribution in [0.25, 0.3) is 0 Å². The Balaban J connectivity index is -0.000000150. The van der Waals surface area contributed by atoms with Crippen LogP contribution in [0.3, 0.4) is 0 Å². The Morgan fingerprint density at radius 3 is 1.74 bits per heavy atom. The summed E-state index contributed by atoms with van der Waals surface area (Å²) in [4.78, 5) is 0. The third-order valence-corrected chi connectivity index (χ3v) is 2.92. The SMILES string of the molecule is CCCCC(CC)COS(=O)(=O)[O-].CCOCC.OCCO.[Na+]. The zero-order chi connectivity index (χ0) is 17.9. The van der Waals surface area contributed by atoms with E-state index in [9.17, 15) is 13.0 Å². The summed E-state index contributed by atoms with van der Waals surface area (Å²) in [6.45, 7) is 9.47. The largest absolute Gasteiger partial charge is 1.00 e. The second-order valence-electron chi connectivity index (χ2n) is 4.34. The minimum Gasteiger partial charge on any atom is -0.726 e. The molecule has 2 N–H and O–H groups in total. The van der Waals surface area contributed by atoms with E-state index in [0.29, 0.717) is 0 Å². The first kappa shape index (κ1) is 31.5. The van der Waals surface area contributed by atoms with Crippen LogP contribution in [0.1, 0.15) is 53.4 Å². The second-order valence-corrected chi connectivity index (χ2v) is 5.39. The van der Waals surface area contributed by atoms with Gasteiger partial charge >= 0.3 is 29.6 Å². The van der Waals surface area contributed by atoms with Crippen molar-refractivity contribution >= 4 is 10.4 Å². The molecular formula is C14H33NaO7S. The van der Waals surface area contributed by atoms with Gasteiger partial charge in [-0.2, -0.15) is 0 Å². The number of aliphatic hydroxyl groups is 2. The molecule has 0 aromatic heterocycles. The number of unbranched alkanes of at least 4 members (excludes halogenated alkanes) is 1. The molecule has 0 aliphatic carbocycles. The fourth-order valence-corrected chi connectivity index (χ4v) is 1.64. The Hall–Kier alpha value is 0.750. The van der Waals surface area contributed by atoms with Crippen LogP contribution in [0.15, 0.2) is 0 Å². The molecule has 138 valence electrons. The number of ether oxygens (including phenoxy) is 1. The molecule has 0 radical (unpaired) electrons. The van der Waals surface area contributed by atoms with E-state index in [1.165, 1.54) is 0 Å². The number of hydrogen-bond acceptors (Lipinski definition) is 7. The first-order valence-corrected chi connectivity index (χ1v) is 9.05. The number of hydrogen-bond donors (Lipinski definition) is 2. The summed E-state index contributed by atoms with van der Waals surface area (Å²) < 4.78 is 39.5. The predicted molar refractivity (Wildman–Crippen MR) is 85.3 cm³/mol. The molecule has 23 heavy (non-hydrogen) atoms. The van der Waals surface area contributed by atoms with Crippen molar-refractivity contribution < 1.29 is 61.7 Å². The average molecular weight is 368 g/mol. The van der Waals surface area contributed by atoms with Crippen LogP contribution in [0.5, 0.6) is 0 Å². The quantitative estimate of drug-likeness (QED) is 0.280. The van der Waals surface area contributed by atoms with E-state index in [4.69, 9.17) is 14.9 Å². The van der Waals surface area contributed by atoms with Gasteiger partial charge in [0.15, 0.2) is 0 Å². The molecule has 7 nitrogen and oxygen atoms in total. The molecule has 0 saturated heterocycles. The van der Waals surface area contributed by atoms with Crippen molar-refractivity contribution in [2.75, 3.05) is 33.0 Å². The van der Waals surface area contributed by atoms with Crippen LogP contribution in [-0.4, -0.2) is 56.2 Å². The van der Waals surface area contributed by atoms with Crippen molar-refractivity contribution in [3.8, 4) is 0 Å². The molecular weight excluding hydrogens is 335 g/mol. The number of rotatable bonds is 10. The molecule has 0 amide bonds. The van der Waals surface area contributed by atoms with Gasteiger partial charge in [0.05, 0.1) is 19.8 Å². The third-order valence-electron chi connectivity index (χ3n) is 2.50. The Kier molecular flexibility index (Phi) is 34.2. The Labute approximate surface area is 164 Å². The minimum absolute atomic E-state index is 0. The molecule has 0 aliphatic heterocycles. The first-order chi connectivity index (χ1) is 10.3. The zero-order valence-corrected chi connectivity index (χ0v) is 18.1. The molecule has 1 atom stereocenters. The second kappa shape index (κ2) is 25.0. The van der Waals surface area contributed by atoms with Gasteiger partial charge in [0, 0.05) is 13.2 Å². The van der Waals surface area contributed by atoms with Crippen LogP contribution < -0.4 is 29.6 Å². The maximum atomic E-state index is 10.1. The standard InChI is InChI=1S/C8H18O4S.C4H10O.C2H6O2.Na/c1-3-5-6-8(4-2)7-12-13(9,10)11;1-3-5-4-2;3-1-2-4;/h8H,3-7H2,1-2H3,(H,9,10,11);3-4H2,1-2H3;3-4H,1-2H2;/q;;;+1/p-1.